The molecule has 0 saturated heterocycles. The van der Waals surface area contributed by atoms with Gasteiger partial charge in [0.2, 0.25) is 5.88 Å². The van der Waals surface area contributed by atoms with Crippen molar-refractivity contribution >= 4 is 21.8 Å². The van der Waals surface area contributed by atoms with Gasteiger partial charge in [-0.05, 0) is 11.6 Å². The second kappa shape index (κ2) is 4.94. The van der Waals surface area contributed by atoms with Crippen molar-refractivity contribution < 1.29 is 4.74 Å². The number of rotatable bonds is 3. The summed E-state index contributed by atoms with van der Waals surface area (Å²) in [6.45, 7) is 0.529. The van der Waals surface area contributed by atoms with Gasteiger partial charge in [-0.25, -0.2) is 4.98 Å². The van der Waals surface area contributed by atoms with Crippen molar-refractivity contribution in [2.24, 2.45) is 0 Å². The SMILES string of the molecule is c1ccc(COc2cc3c(cn2)[nH]c2ccccc23)cc1. The molecule has 2 heterocycles. The second-order valence-electron chi connectivity index (χ2n) is 5.01. The Balaban J connectivity index is 1.68. The van der Waals surface area contributed by atoms with E-state index in [0.29, 0.717) is 12.5 Å². The fourth-order valence-corrected chi connectivity index (χ4v) is 2.54. The summed E-state index contributed by atoms with van der Waals surface area (Å²) in [5, 5.41) is 2.34. The van der Waals surface area contributed by atoms with Crippen molar-refractivity contribution in [3.05, 3.63) is 72.4 Å². The van der Waals surface area contributed by atoms with Crippen molar-refractivity contribution in [3.8, 4) is 5.88 Å². The molecule has 0 bridgehead atoms. The Morgan fingerprint density at radius 3 is 2.57 bits per heavy atom. The Bertz CT molecular complexity index is 897. The predicted molar refractivity (Wildman–Crippen MR) is 84.4 cm³/mol. The van der Waals surface area contributed by atoms with Gasteiger partial charge in [-0.2, -0.15) is 0 Å². The third-order valence-corrected chi connectivity index (χ3v) is 3.59. The molecule has 2 aromatic heterocycles. The van der Waals surface area contributed by atoms with Gasteiger partial charge in [0.25, 0.3) is 0 Å². The van der Waals surface area contributed by atoms with Crippen molar-refractivity contribution in [2.45, 2.75) is 6.61 Å². The molecule has 3 nitrogen and oxygen atoms in total. The van der Waals surface area contributed by atoms with E-state index in [4.69, 9.17) is 4.74 Å². The van der Waals surface area contributed by atoms with Gasteiger partial charge in [-0.3, -0.25) is 0 Å². The zero-order chi connectivity index (χ0) is 14.1. The number of pyridine rings is 1. The summed E-state index contributed by atoms with van der Waals surface area (Å²) in [6, 6.07) is 20.3. The fraction of sp³-hybridized carbons (Fsp3) is 0.0556. The molecule has 21 heavy (non-hydrogen) atoms. The van der Waals surface area contributed by atoms with Crippen molar-refractivity contribution in [1.29, 1.82) is 0 Å². The zero-order valence-electron chi connectivity index (χ0n) is 11.4. The summed E-state index contributed by atoms with van der Waals surface area (Å²) in [5.74, 6) is 0.649. The fourth-order valence-electron chi connectivity index (χ4n) is 2.54. The summed E-state index contributed by atoms with van der Waals surface area (Å²) in [5.41, 5.74) is 3.29. The largest absolute Gasteiger partial charge is 0.473 e. The first-order chi connectivity index (χ1) is 10.4. The van der Waals surface area contributed by atoms with Gasteiger partial charge < -0.3 is 9.72 Å². The molecule has 1 N–H and O–H groups in total. The topological polar surface area (TPSA) is 37.9 Å². The third kappa shape index (κ3) is 2.23. The minimum absolute atomic E-state index is 0.529. The molecule has 0 atom stereocenters. The lowest BCUT2D eigenvalue weighted by atomic mass is 10.2. The highest BCUT2D eigenvalue weighted by Gasteiger charge is 2.06. The van der Waals surface area contributed by atoms with E-state index >= 15 is 0 Å². The molecule has 3 heteroatoms. The lowest BCUT2D eigenvalue weighted by Crippen LogP contribution is -1.96. The summed E-state index contributed by atoms with van der Waals surface area (Å²) in [7, 11) is 0. The Morgan fingerprint density at radius 1 is 0.857 bits per heavy atom. The van der Waals surface area contributed by atoms with E-state index in [1.165, 1.54) is 5.39 Å². The number of ether oxygens (including phenoxy) is 1. The molecule has 0 spiro atoms. The number of nitrogens with zero attached hydrogens (tertiary/aromatic N) is 1. The maximum absolute atomic E-state index is 5.79. The van der Waals surface area contributed by atoms with E-state index in [0.717, 1.165) is 22.0 Å². The van der Waals surface area contributed by atoms with E-state index < -0.39 is 0 Å². The smallest absolute Gasteiger partial charge is 0.214 e. The highest BCUT2D eigenvalue weighted by Crippen LogP contribution is 2.27. The number of benzene rings is 2. The Kier molecular flexibility index (Phi) is 2.82. The molecule has 0 fully saturated rings. The first-order valence-electron chi connectivity index (χ1n) is 6.93. The van der Waals surface area contributed by atoms with Gasteiger partial charge in [0.05, 0.1) is 11.7 Å². The van der Waals surface area contributed by atoms with Crippen LogP contribution in [0.25, 0.3) is 21.8 Å². The average molecular weight is 274 g/mol. The van der Waals surface area contributed by atoms with Gasteiger partial charge in [0, 0.05) is 22.4 Å². The molecule has 4 rings (SSSR count). The molecule has 2 aromatic carbocycles. The van der Waals surface area contributed by atoms with Crippen molar-refractivity contribution in [3.63, 3.8) is 0 Å². The summed E-state index contributed by atoms with van der Waals surface area (Å²) >= 11 is 0. The molecule has 0 aliphatic carbocycles. The van der Waals surface area contributed by atoms with Crippen LogP contribution in [0.5, 0.6) is 5.88 Å². The van der Waals surface area contributed by atoms with Gasteiger partial charge in [0.1, 0.15) is 6.61 Å². The van der Waals surface area contributed by atoms with E-state index in [9.17, 15) is 0 Å². The summed E-state index contributed by atoms with van der Waals surface area (Å²) in [6.07, 6.45) is 1.83. The Hall–Kier alpha value is -2.81. The molecule has 0 radical (unpaired) electrons. The lowest BCUT2D eigenvalue weighted by molar-refractivity contribution is 0.294. The van der Waals surface area contributed by atoms with Crippen LogP contribution in [0.4, 0.5) is 0 Å². The Morgan fingerprint density at radius 2 is 1.67 bits per heavy atom. The number of aromatic amines is 1. The van der Waals surface area contributed by atoms with Crippen LogP contribution >= 0.6 is 0 Å². The van der Waals surface area contributed by atoms with Gasteiger partial charge in [-0.1, -0.05) is 48.5 Å². The van der Waals surface area contributed by atoms with Crippen LogP contribution in [0, 0.1) is 0 Å². The number of aromatic nitrogens is 2. The Labute approximate surface area is 122 Å². The number of hydrogen-bond donors (Lipinski definition) is 1. The van der Waals surface area contributed by atoms with Gasteiger partial charge >= 0.3 is 0 Å². The van der Waals surface area contributed by atoms with Crippen LogP contribution in [0.15, 0.2) is 66.9 Å². The molecule has 0 aliphatic rings. The number of H-pyrrole nitrogens is 1. The molecule has 102 valence electrons. The number of fused-ring (bicyclic) bond motifs is 3. The van der Waals surface area contributed by atoms with Crippen LogP contribution in [0.1, 0.15) is 5.56 Å². The maximum atomic E-state index is 5.79. The third-order valence-electron chi connectivity index (χ3n) is 3.59. The highest BCUT2D eigenvalue weighted by molar-refractivity contribution is 6.07. The van der Waals surface area contributed by atoms with Crippen LogP contribution < -0.4 is 4.74 Å². The van der Waals surface area contributed by atoms with Crippen molar-refractivity contribution in [1.82, 2.24) is 9.97 Å². The number of nitrogens with one attached hydrogen (secondary N) is 1. The first kappa shape index (κ1) is 12.0. The molecule has 0 aliphatic heterocycles. The summed E-state index contributed by atoms with van der Waals surface area (Å²) < 4.78 is 5.79. The first-order valence-corrected chi connectivity index (χ1v) is 6.93. The van der Waals surface area contributed by atoms with Gasteiger partial charge in [-0.15, -0.1) is 0 Å². The van der Waals surface area contributed by atoms with Crippen molar-refractivity contribution in [2.75, 3.05) is 0 Å². The standard InChI is InChI=1S/C18H14N2O/c1-2-6-13(7-3-1)12-21-18-10-15-14-8-4-5-9-16(14)20-17(15)11-19-18/h1-11,20H,12H2. The van der Waals surface area contributed by atoms with Crippen LogP contribution in [0.2, 0.25) is 0 Å². The molecule has 0 saturated carbocycles. The van der Waals surface area contributed by atoms with Gasteiger partial charge in [0.15, 0.2) is 0 Å². The molecule has 4 aromatic rings. The van der Waals surface area contributed by atoms with Crippen LogP contribution in [-0.4, -0.2) is 9.97 Å². The van der Waals surface area contributed by atoms with E-state index in [-0.39, 0.29) is 0 Å². The summed E-state index contributed by atoms with van der Waals surface area (Å²) in [4.78, 5) is 7.72. The van der Waals surface area contributed by atoms with E-state index in [1.807, 2.05) is 54.7 Å². The highest BCUT2D eigenvalue weighted by atomic mass is 16.5. The normalized spacial score (nSPS) is 11.0. The minimum atomic E-state index is 0.529. The van der Waals surface area contributed by atoms with E-state index in [2.05, 4.69) is 22.1 Å². The monoisotopic (exact) mass is 274 g/mol. The van der Waals surface area contributed by atoms with Crippen LogP contribution in [0.3, 0.4) is 0 Å². The zero-order valence-corrected chi connectivity index (χ0v) is 11.4. The molecule has 0 unspecified atom stereocenters. The molecule has 0 amide bonds. The quantitative estimate of drug-likeness (QED) is 0.605. The molecular formula is C18H14N2O. The number of para-hydroxylation sites is 1. The minimum Gasteiger partial charge on any atom is -0.473 e. The predicted octanol–water partition coefficient (Wildman–Crippen LogP) is 4.30. The maximum Gasteiger partial charge on any atom is 0.214 e. The average Bonchev–Trinajstić information content (AvgIpc) is 2.92. The lowest BCUT2D eigenvalue weighted by Gasteiger charge is -2.05. The van der Waals surface area contributed by atoms with Crippen LogP contribution in [-0.2, 0) is 6.61 Å². The molecular weight excluding hydrogens is 260 g/mol. The second-order valence-corrected chi connectivity index (χ2v) is 5.01. The van der Waals surface area contributed by atoms with E-state index in [1.54, 1.807) is 0 Å². The number of hydrogen-bond acceptors (Lipinski definition) is 2.